The third-order valence-electron chi connectivity index (χ3n) is 2.82. The molecule has 0 fully saturated rings. The number of amidine groups is 1. The van der Waals surface area contributed by atoms with Crippen LogP contribution in [0.1, 0.15) is 26.3 Å². The monoisotopic (exact) mass is 267 g/mol. The van der Waals surface area contributed by atoms with Crippen molar-refractivity contribution in [3.63, 3.8) is 0 Å². The summed E-state index contributed by atoms with van der Waals surface area (Å²) >= 11 is 1.69. The van der Waals surface area contributed by atoms with Crippen molar-refractivity contribution in [3.05, 3.63) is 23.8 Å². The summed E-state index contributed by atoms with van der Waals surface area (Å²) in [4.78, 5) is 3.16. The van der Waals surface area contributed by atoms with Gasteiger partial charge in [-0.3, -0.25) is 0 Å². The molecule has 0 unspecified atom stereocenters. The van der Waals surface area contributed by atoms with Crippen LogP contribution in [0.3, 0.4) is 0 Å². The molecular weight excluding hydrogens is 246 g/mol. The van der Waals surface area contributed by atoms with E-state index in [9.17, 15) is 0 Å². The van der Waals surface area contributed by atoms with Gasteiger partial charge in [0.25, 0.3) is 0 Å². The van der Waals surface area contributed by atoms with Crippen LogP contribution in [-0.4, -0.2) is 29.9 Å². The average Bonchev–Trinajstić information content (AvgIpc) is 2.37. The van der Waals surface area contributed by atoms with Crippen LogP contribution in [0.2, 0.25) is 0 Å². The summed E-state index contributed by atoms with van der Waals surface area (Å²) < 4.78 is 0. The number of benzene rings is 1. The third kappa shape index (κ3) is 3.10. The SMILES string of the molecule is CCSc1cccc(N(C)C(C)C)c1/C(N)=N/O. The van der Waals surface area contributed by atoms with Crippen molar-refractivity contribution in [2.75, 3.05) is 17.7 Å². The van der Waals surface area contributed by atoms with E-state index in [2.05, 4.69) is 30.8 Å². The van der Waals surface area contributed by atoms with E-state index < -0.39 is 0 Å². The number of thioether (sulfide) groups is 1. The maximum atomic E-state index is 8.96. The summed E-state index contributed by atoms with van der Waals surface area (Å²) in [5.74, 6) is 1.11. The predicted octanol–water partition coefficient (Wildman–Crippen LogP) is 2.74. The molecule has 0 bridgehead atoms. The largest absolute Gasteiger partial charge is 0.409 e. The molecule has 0 spiro atoms. The topological polar surface area (TPSA) is 61.8 Å². The molecule has 100 valence electrons. The molecule has 0 saturated carbocycles. The molecule has 18 heavy (non-hydrogen) atoms. The lowest BCUT2D eigenvalue weighted by Crippen LogP contribution is -2.29. The molecule has 0 heterocycles. The Hall–Kier alpha value is -1.36. The molecule has 0 aliphatic rings. The molecule has 0 amide bonds. The van der Waals surface area contributed by atoms with Gasteiger partial charge in [0.05, 0.1) is 5.56 Å². The van der Waals surface area contributed by atoms with Crippen molar-refractivity contribution in [3.8, 4) is 0 Å². The second kappa shape index (κ2) is 6.54. The van der Waals surface area contributed by atoms with E-state index in [0.29, 0.717) is 6.04 Å². The van der Waals surface area contributed by atoms with E-state index in [4.69, 9.17) is 10.9 Å². The highest BCUT2D eigenvalue weighted by atomic mass is 32.2. The molecule has 0 aromatic heterocycles. The maximum absolute atomic E-state index is 8.96. The Bertz CT molecular complexity index is 432. The molecule has 0 aliphatic heterocycles. The second-order valence-electron chi connectivity index (χ2n) is 4.27. The minimum absolute atomic E-state index is 0.161. The molecule has 0 aliphatic carbocycles. The molecule has 1 aromatic carbocycles. The normalized spacial score (nSPS) is 11.9. The maximum Gasteiger partial charge on any atom is 0.173 e. The van der Waals surface area contributed by atoms with E-state index in [1.165, 1.54) is 0 Å². The Morgan fingerprint density at radius 3 is 2.67 bits per heavy atom. The number of oxime groups is 1. The molecule has 0 atom stereocenters. The van der Waals surface area contributed by atoms with Gasteiger partial charge in [0.2, 0.25) is 0 Å². The van der Waals surface area contributed by atoms with Crippen molar-refractivity contribution in [1.29, 1.82) is 0 Å². The van der Waals surface area contributed by atoms with Crippen molar-refractivity contribution in [1.82, 2.24) is 0 Å². The van der Waals surface area contributed by atoms with Crippen LogP contribution in [-0.2, 0) is 0 Å². The Morgan fingerprint density at radius 1 is 1.50 bits per heavy atom. The summed E-state index contributed by atoms with van der Waals surface area (Å²) in [7, 11) is 2.01. The Kier molecular flexibility index (Phi) is 5.34. The van der Waals surface area contributed by atoms with Gasteiger partial charge in [-0.1, -0.05) is 18.1 Å². The lowest BCUT2D eigenvalue weighted by molar-refractivity contribution is 0.318. The number of nitrogens with zero attached hydrogens (tertiary/aromatic N) is 2. The molecule has 4 nitrogen and oxygen atoms in total. The fourth-order valence-electron chi connectivity index (χ4n) is 1.67. The van der Waals surface area contributed by atoms with E-state index in [1.807, 2.05) is 25.2 Å². The van der Waals surface area contributed by atoms with Gasteiger partial charge in [0.15, 0.2) is 5.84 Å². The average molecular weight is 267 g/mol. The van der Waals surface area contributed by atoms with E-state index >= 15 is 0 Å². The van der Waals surface area contributed by atoms with Gasteiger partial charge in [0, 0.05) is 23.7 Å². The first kappa shape index (κ1) is 14.7. The zero-order valence-corrected chi connectivity index (χ0v) is 12.2. The van der Waals surface area contributed by atoms with E-state index in [0.717, 1.165) is 21.9 Å². The first-order valence-corrected chi connectivity index (χ1v) is 6.98. The lowest BCUT2D eigenvalue weighted by atomic mass is 10.1. The number of rotatable bonds is 5. The van der Waals surface area contributed by atoms with Gasteiger partial charge < -0.3 is 15.8 Å². The van der Waals surface area contributed by atoms with Crippen LogP contribution in [0, 0.1) is 0 Å². The van der Waals surface area contributed by atoms with Crippen molar-refractivity contribution >= 4 is 23.3 Å². The number of nitrogens with two attached hydrogens (primary N) is 1. The molecule has 1 aromatic rings. The van der Waals surface area contributed by atoms with Crippen LogP contribution in [0.25, 0.3) is 0 Å². The summed E-state index contributed by atoms with van der Waals surface area (Å²) in [5.41, 5.74) is 7.62. The van der Waals surface area contributed by atoms with E-state index in [1.54, 1.807) is 11.8 Å². The van der Waals surface area contributed by atoms with E-state index in [-0.39, 0.29) is 5.84 Å². The first-order valence-electron chi connectivity index (χ1n) is 5.99. The lowest BCUT2D eigenvalue weighted by Gasteiger charge is -2.27. The summed E-state index contributed by atoms with van der Waals surface area (Å²) in [6.07, 6.45) is 0. The zero-order chi connectivity index (χ0) is 13.7. The smallest absolute Gasteiger partial charge is 0.173 e. The quantitative estimate of drug-likeness (QED) is 0.283. The molecule has 0 saturated heterocycles. The van der Waals surface area contributed by atoms with Gasteiger partial charge in [0.1, 0.15) is 0 Å². The molecule has 0 radical (unpaired) electrons. The Balaban J connectivity index is 3.37. The zero-order valence-electron chi connectivity index (χ0n) is 11.3. The van der Waals surface area contributed by atoms with Crippen LogP contribution in [0.15, 0.2) is 28.3 Å². The second-order valence-corrected chi connectivity index (χ2v) is 5.58. The van der Waals surface area contributed by atoms with Crippen molar-refractivity contribution < 1.29 is 5.21 Å². The summed E-state index contributed by atoms with van der Waals surface area (Å²) in [6, 6.07) is 6.34. The molecule has 5 heteroatoms. The van der Waals surface area contributed by atoms with Crippen LogP contribution in [0.4, 0.5) is 5.69 Å². The number of hydrogen-bond acceptors (Lipinski definition) is 4. The predicted molar refractivity (Wildman–Crippen MR) is 78.9 cm³/mol. The van der Waals surface area contributed by atoms with Crippen LogP contribution in [0.5, 0.6) is 0 Å². The fourth-order valence-corrected chi connectivity index (χ4v) is 2.51. The molecular formula is C13H21N3OS. The van der Waals surface area contributed by atoms with Crippen LogP contribution >= 0.6 is 11.8 Å². The molecule has 3 N–H and O–H groups in total. The highest BCUT2D eigenvalue weighted by Gasteiger charge is 2.17. The third-order valence-corrected chi connectivity index (χ3v) is 3.76. The summed E-state index contributed by atoms with van der Waals surface area (Å²) in [5, 5.41) is 12.1. The minimum atomic E-state index is 0.161. The summed E-state index contributed by atoms with van der Waals surface area (Å²) in [6.45, 7) is 6.30. The van der Waals surface area contributed by atoms with Gasteiger partial charge in [-0.25, -0.2) is 0 Å². The highest BCUT2D eigenvalue weighted by Crippen LogP contribution is 2.31. The Morgan fingerprint density at radius 2 is 2.17 bits per heavy atom. The number of hydrogen-bond donors (Lipinski definition) is 2. The highest BCUT2D eigenvalue weighted by molar-refractivity contribution is 7.99. The first-order chi connectivity index (χ1) is 8.52. The van der Waals surface area contributed by atoms with Gasteiger partial charge >= 0.3 is 0 Å². The van der Waals surface area contributed by atoms with Gasteiger partial charge in [-0.15, -0.1) is 11.8 Å². The molecule has 1 rings (SSSR count). The standard InChI is InChI=1S/C13H21N3OS/c1-5-18-11-8-6-7-10(16(4)9(2)3)12(11)13(14)15-17/h6-9,17H,5H2,1-4H3,(H2,14,15). The van der Waals surface area contributed by atoms with Gasteiger partial charge in [-0.05, 0) is 31.7 Å². The Labute approximate surface area is 113 Å². The van der Waals surface area contributed by atoms with Gasteiger partial charge in [-0.2, -0.15) is 0 Å². The minimum Gasteiger partial charge on any atom is -0.409 e. The van der Waals surface area contributed by atoms with Crippen molar-refractivity contribution in [2.24, 2.45) is 10.9 Å². The fraction of sp³-hybridized carbons (Fsp3) is 0.462. The number of anilines is 1. The van der Waals surface area contributed by atoms with Crippen LogP contribution < -0.4 is 10.6 Å². The van der Waals surface area contributed by atoms with Crippen molar-refractivity contribution in [2.45, 2.75) is 31.7 Å².